The summed E-state index contributed by atoms with van der Waals surface area (Å²) >= 11 is 5.95. The van der Waals surface area contributed by atoms with Gasteiger partial charge < -0.3 is 10.6 Å². The molecule has 0 bridgehead atoms. The van der Waals surface area contributed by atoms with Gasteiger partial charge in [0.15, 0.2) is 0 Å². The molecule has 1 aliphatic heterocycles. The van der Waals surface area contributed by atoms with Gasteiger partial charge in [0.25, 0.3) is 5.91 Å². The van der Waals surface area contributed by atoms with Crippen LogP contribution in [0.25, 0.3) is 0 Å². The predicted molar refractivity (Wildman–Crippen MR) is 79.3 cm³/mol. The van der Waals surface area contributed by atoms with Gasteiger partial charge in [-0.3, -0.25) is 4.79 Å². The second-order valence-electron chi connectivity index (χ2n) is 6.38. The number of nitrogens with zero attached hydrogens (tertiary/aromatic N) is 1. The molecule has 1 fully saturated rings. The molecule has 2 rings (SSSR count). The molecule has 4 heteroatoms. The fourth-order valence-corrected chi connectivity index (χ4v) is 2.81. The number of nitrogen functional groups attached to an aromatic ring is 1. The van der Waals surface area contributed by atoms with Gasteiger partial charge in [0.05, 0.1) is 0 Å². The van der Waals surface area contributed by atoms with Crippen LogP contribution in [0.1, 0.15) is 37.6 Å². The molecular weight excluding hydrogens is 260 g/mol. The molecule has 0 spiro atoms. The molecule has 1 unspecified atom stereocenters. The first-order valence-corrected chi connectivity index (χ1v) is 7.00. The molecule has 3 nitrogen and oxygen atoms in total. The number of likely N-dealkylation sites (tertiary alicyclic amines) is 1. The normalized spacial score (nSPS) is 19.8. The van der Waals surface area contributed by atoms with Crippen molar-refractivity contribution in [2.45, 2.75) is 27.2 Å². The summed E-state index contributed by atoms with van der Waals surface area (Å²) in [7, 11) is 0. The first-order valence-electron chi connectivity index (χ1n) is 6.63. The van der Waals surface area contributed by atoms with Gasteiger partial charge in [-0.25, -0.2) is 0 Å². The van der Waals surface area contributed by atoms with Gasteiger partial charge >= 0.3 is 0 Å². The number of hydrogen-bond donors (Lipinski definition) is 1. The monoisotopic (exact) mass is 280 g/mol. The molecule has 1 heterocycles. The standard InChI is InChI=1S/C15H21ClN2O/c1-15(2,3)11-4-5-18(9-11)14(19)10-6-12(16)8-13(17)7-10/h6-8,11H,4-5,9,17H2,1-3H3. The Kier molecular flexibility index (Phi) is 3.77. The molecule has 1 amide bonds. The Hall–Kier alpha value is -1.22. The van der Waals surface area contributed by atoms with E-state index in [9.17, 15) is 4.79 Å². The number of amides is 1. The van der Waals surface area contributed by atoms with E-state index in [0.717, 1.165) is 19.5 Å². The number of rotatable bonds is 1. The smallest absolute Gasteiger partial charge is 0.253 e. The minimum Gasteiger partial charge on any atom is -0.399 e. The highest BCUT2D eigenvalue weighted by Crippen LogP contribution is 2.34. The van der Waals surface area contributed by atoms with Crippen molar-refractivity contribution >= 4 is 23.2 Å². The molecule has 2 N–H and O–H groups in total. The Morgan fingerprint density at radius 1 is 1.37 bits per heavy atom. The lowest BCUT2D eigenvalue weighted by molar-refractivity contribution is 0.0776. The second-order valence-corrected chi connectivity index (χ2v) is 6.81. The predicted octanol–water partition coefficient (Wildman–Crippen LogP) is 3.43. The van der Waals surface area contributed by atoms with E-state index >= 15 is 0 Å². The quantitative estimate of drug-likeness (QED) is 0.801. The minimum atomic E-state index is 0.0287. The highest BCUT2D eigenvalue weighted by molar-refractivity contribution is 6.31. The molecule has 0 radical (unpaired) electrons. The maximum atomic E-state index is 12.4. The Labute approximate surface area is 119 Å². The summed E-state index contributed by atoms with van der Waals surface area (Å²) in [6.07, 6.45) is 1.06. The number of anilines is 1. The van der Waals surface area contributed by atoms with Gasteiger partial charge in [-0.15, -0.1) is 0 Å². The Morgan fingerprint density at radius 2 is 2.05 bits per heavy atom. The lowest BCUT2D eigenvalue weighted by atomic mass is 9.80. The van der Waals surface area contributed by atoms with Crippen molar-refractivity contribution < 1.29 is 4.79 Å². The fourth-order valence-electron chi connectivity index (χ4n) is 2.57. The molecule has 0 saturated carbocycles. The fraction of sp³-hybridized carbons (Fsp3) is 0.533. The van der Waals surface area contributed by atoms with E-state index in [0.29, 0.717) is 22.2 Å². The largest absolute Gasteiger partial charge is 0.399 e. The topological polar surface area (TPSA) is 46.3 Å². The lowest BCUT2D eigenvalue weighted by Gasteiger charge is -2.27. The second kappa shape index (κ2) is 5.04. The zero-order chi connectivity index (χ0) is 14.2. The number of hydrogen-bond acceptors (Lipinski definition) is 2. The highest BCUT2D eigenvalue weighted by Gasteiger charge is 2.34. The molecule has 1 aromatic rings. The molecule has 1 aromatic carbocycles. The van der Waals surface area contributed by atoms with E-state index in [4.69, 9.17) is 17.3 Å². The van der Waals surface area contributed by atoms with Crippen LogP contribution in [0, 0.1) is 11.3 Å². The van der Waals surface area contributed by atoms with Crippen LogP contribution in [0.4, 0.5) is 5.69 Å². The third-order valence-corrected chi connectivity index (χ3v) is 4.09. The Balaban J connectivity index is 2.13. The van der Waals surface area contributed by atoms with E-state index in [1.807, 2.05) is 4.90 Å². The van der Waals surface area contributed by atoms with Crippen LogP contribution < -0.4 is 5.73 Å². The molecular formula is C15H21ClN2O. The van der Waals surface area contributed by atoms with E-state index in [-0.39, 0.29) is 11.3 Å². The lowest BCUT2D eigenvalue weighted by Crippen LogP contribution is -2.31. The van der Waals surface area contributed by atoms with Gasteiger partial charge in [-0.05, 0) is 36.0 Å². The number of halogens is 1. The Bertz CT molecular complexity index is 473. The summed E-state index contributed by atoms with van der Waals surface area (Å²) in [4.78, 5) is 14.3. The summed E-state index contributed by atoms with van der Waals surface area (Å²) in [5.74, 6) is 0.578. The van der Waals surface area contributed by atoms with Gasteiger partial charge in [0.1, 0.15) is 0 Å². The highest BCUT2D eigenvalue weighted by atomic mass is 35.5. The summed E-state index contributed by atoms with van der Waals surface area (Å²) in [5.41, 5.74) is 7.09. The van der Waals surface area contributed by atoms with Crippen LogP contribution in [-0.4, -0.2) is 23.9 Å². The van der Waals surface area contributed by atoms with E-state index in [2.05, 4.69) is 20.8 Å². The molecule has 1 aliphatic rings. The van der Waals surface area contributed by atoms with Crippen LogP contribution in [0.5, 0.6) is 0 Å². The number of carbonyl (C=O) groups excluding carboxylic acids is 1. The minimum absolute atomic E-state index is 0.0287. The Morgan fingerprint density at radius 3 is 2.58 bits per heavy atom. The van der Waals surface area contributed by atoms with Crippen LogP contribution in [-0.2, 0) is 0 Å². The SMILES string of the molecule is CC(C)(C)C1CCN(C(=O)c2cc(N)cc(Cl)c2)C1. The molecule has 1 saturated heterocycles. The van der Waals surface area contributed by atoms with Crippen molar-refractivity contribution in [1.29, 1.82) is 0 Å². The van der Waals surface area contributed by atoms with Gasteiger partial charge in [-0.2, -0.15) is 0 Å². The maximum absolute atomic E-state index is 12.4. The van der Waals surface area contributed by atoms with Crippen molar-refractivity contribution in [2.24, 2.45) is 11.3 Å². The number of nitrogens with two attached hydrogens (primary N) is 1. The zero-order valence-corrected chi connectivity index (χ0v) is 12.5. The summed E-state index contributed by atoms with van der Waals surface area (Å²) in [6.45, 7) is 8.30. The summed E-state index contributed by atoms with van der Waals surface area (Å²) in [6, 6.07) is 5.03. The van der Waals surface area contributed by atoms with Crippen molar-refractivity contribution in [3.05, 3.63) is 28.8 Å². The van der Waals surface area contributed by atoms with Gasteiger partial charge in [0.2, 0.25) is 0 Å². The van der Waals surface area contributed by atoms with Crippen molar-refractivity contribution in [1.82, 2.24) is 4.90 Å². The van der Waals surface area contributed by atoms with E-state index < -0.39 is 0 Å². The molecule has 19 heavy (non-hydrogen) atoms. The first-order chi connectivity index (χ1) is 8.77. The molecule has 104 valence electrons. The third-order valence-electron chi connectivity index (χ3n) is 3.87. The summed E-state index contributed by atoms with van der Waals surface area (Å²) in [5, 5.41) is 0.509. The molecule has 1 atom stereocenters. The zero-order valence-electron chi connectivity index (χ0n) is 11.7. The van der Waals surface area contributed by atoms with Crippen molar-refractivity contribution in [3.63, 3.8) is 0 Å². The van der Waals surface area contributed by atoms with Crippen LogP contribution >= 0.6 is 11.6 Å². The van der Waals surface area contributed by atoms with Crippen LogP contribution in [0.2, 0.25) is 5.02 Å². The average Bonchev–Trinajstić information content (AvgIpc) is 2.75. The number of carbonyl (C=O) groups is 1. The van der Waals surface area contributed by atoms with Crippen LogP contribution in [0.15, 0.2) is 18.2 Å². The third kappa shape index (κ3) is 3.21. The van der Waals surface area contributed by atoms with Crippen molar-refractivity contribution in [2.75, 3.05) is 18.8 Å². The van der Waals surface area contributed by atoms with E-state index in [1.54, 1.807) is 18.2 Å². The average molecular weight is 281 g/mol. The van der Waals surface area contributed by atoms with Gasteiger partial charge in [-0.1, -0.05) is 32.4 Å². The van der Waals surface area contributed by atoms with Crippen molar-refractivity contribution in [3.8, 4) is 0 Å². The molecule has 0 aromatic heterocycles. The van der Waals surface area contributed by atoms with Crippen LogP contribution in [0.3, 0.4) is 0 Å². The van der Waals surface area contributed by atoms with E-state index in [1.165, 1.54) is 0 Å². The summed E-state index contributed by atoms with van der Waals surface area (Å²) < 4.78 is 0. The molecule has 0 aliphatic carbocycles. The maximum Gasteiger partial charge on any atom is 0.253 e. The first kappa shape index (κ1) is 14.2. The van der Waals surface area contributed by atoms with Gasteiger partial charge in [0, 0.05) is 29.4 Å². The number of benzene rings is 1.